The van der Waals surface area contributed by atoms with Gasteiger partial charge in [-0.15, -0.1) is 11.3 Å². The number of carbonyl (C=O) groups excluding carboxylic acids is 1. The van der Waals surface area contributed by atoms with E-state index in [9.17, 15) is 14.9 Å². The fourth-order valence-electron chi connectivity index (χ4n) is 1.93. The minimum absolute atomic E-state index is 0.0248. The predicted molar refractivity (Wildman–Crippen MR) is 91.4 cm³/mol. The molecule has 0 radical (unpaired) electrons. The molecule has 0 saturated heterocycles. The second-order valence-corrected chi connectivity index (χ2v) is 5.90. The van der Waals surface area contributed by atoms with Crippen LogP contribution < -0.4 is 5.32 Å². The van der Waals surface area contributed by atoms with Crippen LogP contribution in [0.1, 0.15) is 10.4 Å². The molecule has 0 bridgehead atoms. The minimum Gasteiger partial charge on any atom is -0.298 e. The number of hydrogen-bond donors (Lipinski definition) is 1. The van der Waals surface area contributed by atoms with Crippen molar-refractivity contribution in [1.29, 1.82) is 0 Å². The molecule has 3 rings (SSSR count). The number of anilines is 1. The topological polar surface area (TPSA) is 98.0 Å². The zero-order valence-electron chi connectivity index (χ0n) is 12.0. The van der Waals surface area contributed by atoms with Gasteiger partial charge in [-0.1, -0.05) is 17.7 Å². The van der Waals surface area contributed by atoms with Crippen LogP contribution in [-0.2, 0) is 0 Å². The van der Waals surface area contributed by atoms with Crippen LogP contribution in [0.15, 0.2) is 48.0 Å². The Labute approximate surface area is 145 Å². The Bertz CT molecular complexity index is 914. The SMILES string of the molecule is O=C(Nc1nc(-c2ccccn2)cs1)c1ccc(Cl)c([N+](=O)[O-])c1. The lowest BCUT2D eigenvalue weighted by Crippen LogP contribution is -2.12. The number of nitrogens with one attached hydrogen (secondary N) is 1. The zero-order chi connectivity index (χ0) is 17.1. The molecule has 1 amide bonds. The molecule has 2 aromatic heterocycles. The molecule has 0 unspecified atom stereocenters. The van der Waals surface area contributed by atoms with Gasteiger partial charge in [0.1, 0.15) is 10.7 Å². The third kappa shape index (κ3) is 3.39. The lowest BCUT2D eigenvalue weighted by Gasteiger charge is -2.02. The fraction of sp³-hybridized carbons (Fsp3) is 0. The van der Waals surface area contributed by atoms with Crippen molar-refractivity contribution < 1.29 is 9.72 Å². The van der Waals surface area contributed by atoms with E-state index in [4.69, 9.17) is 11.6 Å². The Morgan fingerprint density at radius 1 is 1.25 bits per heavy atom. The molecule has 3 aromatic rings. The fourth-order valence-corrected chi connectivity index (χ4v) is 2.81. The summed E-state index contributed by atoms with van der Waals surface area (Å²) in [7, 11) is 0. The van der Waals surface area contributed by atoms with Crippen molar-refractivity contribution >= 4 is 39.7 Å². The molecule has 0 fully saturated rings. The maximum Gasteiger partial charge on any atom is 0.288 e. The number of amides is 1. The van der Waals surface area contributed by atoms with Gasteiger partial charge >= 0.3 is 0 Å². The minimum atomic E-state index is -0.637. The van der Waals surface area contributed by atoms with Gasteiger partial charge in [-0.3, -0.25) is 25.2 Å². The summed E-state index contributed by atoms with van der Waals surface area (Å²) in [4.78, 5) is 30.9. The van der Waals surface area contributed by atoms with Crippen LogP contribution in [0.4, 0.5) is 10.8 Å². The normalized spacial score (nSPS) is 10.4. The number of nitro groups is 1. The molecule has 120 valence electrons. The van der Waals surface area contributed by atoms with E-state index in [1.54, 1.807) is 17.6 Å². The highest BCUT2D eigenvalue weighted by Gasteiger charge is 2.17. The lowest BCUT2D eigenvalue weighted by atomic mass is 10.2. The number of benzene rings is 1. The molecule has 0 spiro atoms. The van der Waals surface area contributed by atoms with E-state index < -0.39 is 10.8 Å². The van der Waals surface area contributed by atoms with Crippen LogP contribution in [0, 0.1) is 10.1 Å². The Hall–Kier alpha value is -2.84. The quantitative estimate of drug-likeness (QED) is 0.559. The maximum atomic E-state index is 12.2. The number of rotatable bonds is 4. The highest BCUT2D eigenvalue weighted by molar-refractivity contribution is 7.14. The summed E-state index contributed by atoms with van der Waals surface area (Å²) in [5.74, 6) is -0.503. The molecule has 0 aliphatic carbocycles. The van der Waals surface area contributed by atoms with Crippen molar-refractivity contribution in [2.75, 3.05) is 5.32 Å². The van der Waals surface area contributed by atoms with Crippen molar-refractivity contribution in [2.24, 2.45) is 0 Å². The van der Waals surface area contributed by atoms with Crippen molar-refractivity contribution in [3.05, 3.63) is 68.7 Å². The first-order chi connectivity index (χ1) is 11.5. The van der Waals surface area contributed by atoms with E-state index >= 15 is 0 Å². The van der Waals surface area contributed by atoms with E-state index in [1.165, 1.54) is 23.5 Å². The van der Waals surface area contributed by atoms with Gasteiger partial charge in [-0.2, -0.15) is 0 Å². The molecule has 1 N–H and O–H groups in total. The summed E-state index contributed by atoms with van der Waals surface area (Å²) in [6.45, 7) is 0. The summed E-state index contributed by atoms with van der Waals surface area (Å²) in [6.07, 6.45) is 1.65. The third-order valence-corrected chi connectivity index (χ3v) is 4.13. The van der Waals surface area contributed by atoms with E-state index in [-0.39, 0.29) is 16.3 Å². The van der Waals surface area contributed by atoms with Crippen LogP contribution in [-0.4, -0.2) is 20.8 Å². The van der Waals surface area contributed by atoms with Gasteiger partial charge in [0.2, 0.25) is 0 Å². The molecule has 7 nitrogen and oxygen atoms in total. The smallest absolute Gasteiger partial charge is 0.288 e. The molecule has 0 atom stereocenters. The van der Waals surface area contributed by atoms with Crippen LogP contribution in [0.2, 0.25) is 5.02 Å². The second-order valence-electron chi connectivity index (χ2n) is 4.63. The van der Waals surface area contributed by atoms with Crippen molar-refractivity contribution in [3.63, 3.8) is 0 Å². The Kier molecular flexibility index (Phi) is 4.50. The monoisotopic (exact) mass is 360 g/mol. The van der Waals surface area contributed by atoms with E-state index in [0.29, 0.717) is 16.5 Å². The molecule has 1 aromatic carbocycles. The largest absolute Gasteiger partial charge is 0.298 e. The van der Waals surface area contributed by atoms with Gasteiger partial charge in [-0.05, 0) is 24.3 Å². The van der Waals surface area contributed by atoms with Crippen LogP contribution >= 0.6 is 22.9 Å². The first-order valence-electron chi connectivity index (χ1n) is 6.67. The molecule has 2 heterocycles. The maximum absolute atomic E-state index is 12.2. The highest BCUT2D eigenvalue weighted by atomic mass is 35.5. The van der Waals surface area contributed by atoms with E-state index in [0.717, 1.165) is 6.07 Å². The van der Waals surface area contributed by atoms with Gasteiger partial charge in [-0.25, -0.2) is 4.98 Å². The second kappa shape index (κ2) is 6.73. The molecule has 0 aliphatic heterocycles. The number of nitrogens with zero attached hydrogens (tertiary/aromatic N) is 3. The zero-order valence-corrected chi connectivity index (χ0v) is 13.5. The standard InChI is InChI=1S/C15H9ClN4O3S/c16-10-5-4-9(7-13(10)20(22)23)14(21)19-15-18-12(8-24-15)11-3-1-2-6-17-11/h1-8H,(H,18,19,21). The van der Waals surface area contributed by atoms with Gasteiger partial charge in [0.05, 0.1) is 10.6 Å². The van der Waals surface area contributed by atoms with Crippen molar-refractivity contribution in [2.45, 2.75) is 0 Å². The van der Waals surface area contributed by atoms with E-state index in [1.807, 2.05) is 12.1 Å². The highest BCUT2D eigenvalue weighted by Crippen LogP contribution is 2.27. The Balaban J connectivity index is 1.80. The molecule has 0 aliphatic rings. The molecule has 24 heavy (non-hydrogen) atoms. The average molecular weight is 361 g/mol. The average Bonchev–Trinajstić information content (AvgIpc) is 3.04. The Morgan fingerprint density at radius 2 is 2.08 bits per heavy atom. The summed E-state index contributed by atoms with van der Waals surface area (Å²) in [5.41, 5.74) is 1.13. The first kappa shape index (κ1) is 16.0. The lowest BCUT2D eigenvalue weighted by molar-refractivity contribution is -0.384. The number of nitro benzene ring substituents is 1. The number of pyridine rings is 1. The number of aromatic nitrogens is 2. The van der Waals surface area contributed by atoms with Crippen molar-refractivity contribution in [3.8, 4) is 11.4 Å². The van der Waals surface area contributed by atoms with Gasteiger partial charge in [0.15, 0.2) is 5.13 Å². The van der Waals surface area contributed by atoms with Crippen molar-refractivity contribution in [1.82, 2.24) is 9.97 Å². The number of thiazole rings is 1. The number of hydrogen-bond acceptors (Lipinski definition) is 6. The molecule has 9 heteroatoms. The van der Waals surface area contributed by atoms with Gasteiger partial charge in [0.25, 0.3) is 11.6 Å². The van der Waals surface area contributed by atoms with E-state index in [2.05, 4.69) is 15.3 Å². The molecular formula is C15H9ClN4O3S. The number of halogens is 1. The van der Waals surface area contributed by atoms with Gasteiger partial charge < -0.3 is 0 Å². The summed E-state index contributed by atoms with van der Waals surface area (Å²) in [6, 6.07) is 9.31. The molecule has 0 saturated carbocycles. The molecular weight excluding hydrogens is 352 g/mol. The first-order valence-corrected chi connectivity index (χ1v) is 7.92. The van der Waals surface area contributed by atoms with Crippen LogP contribution in [0.3, 0.4) is 0 Å². The summed E-state index contributed by atoms with van der Waals surface area (Å²) >= 11 is 6.97. The third-order valence-electron chi connectivity index (χ3n) is 3.06. The van der Waals surface area contributed by atoms with Crippen LogP contribution in [0.25, 0.3) is 11.4 Å². The predicted octanol–water partition coefficient (Wildman–Crippen LogP) is 4.02. The Morgan fingerprint density at radius 3 is 2.79 bits per heavy atom. The van der Waals surface area contributed by atoms with Gasteiger partial charge in [0, 0.05) is 23.2 Å². The van der Waals surface area contributed by atoms with Crippen LogP contribution in [0.5, 0.6) is 0 Å². The summed E-state index contributed by atoms with van der Waals surface area (Å²) < 4.78 is 0. The number of carbonyl (C=O) groups is 1. The summed E-state index contributed by atoms with van der Waals surface area (Å²) in [5, 5.41) is 15.6.